The molecule has 9 heteroatoms. The molecule has 0 aliphatic carbocycles. The second-order valence-electron chi connectivity index (χ2n) is 9.72. The van der Waals surface area contributed by atoms with Gasteiger partial charge in [0.05, 0.1) is 34.6 Å². The Bertz CT molecular complexity index is 1790. The maximum absolute atomic E-state index is 13.9. The van der Waals surface area contributed by atoms with Crippen molar-refractivity contribution in [2.24, 2.45) is 4.99 Å². The third-order valence-electron chi connectivity index (χ3n) is 6.38. The zero-order valence-corrected chi connectivity index (χ0v) is 25.3. The highest BCUT2D eigenvalue weighted by molar-refractivity contribution is 9.10. The lowest BCUT2D eigenvalue weighted by Gasteiger charge is -2.25. The zero-order chi connectivity index (χ0) is 28.6. The fourth-order valence-electron chi connectivity index (χ4n) is 4.61. The summed E-state index contributed by atoms with van der Waals surface area (Å²) in [7, 11) is 0. The molecule has 0 N–H and O–H groups in total. The Kier molecular flexibility index (Phi) is 7.96. The number of aryl methyl sites for hydroxylation is 1. The smallest absolute Gasteiger partial charge is 0.338 e. The number of benzene rings is 2. The maximum Gasteiger partial charge on any atom is 0.338 e. The van der Waals surface area contributed by atoms with Gasteiger partial charge in [-0.1, -0.05) is 45.5 Å². The molecule has 40 heavy (non-hydrogen) atoms. The molecular formula is C31H29BrN2O5S. The van der Waals surface area contributed by atoms with Gasteiger partial charge in [-0.25, -0.2) is 9.79 Å². The first-order valence-corrected chi connectivity index (χ1v) is 14.6. The van der Waals surface area contributed by atoms with Crippen LogP contribution in [0.25, 0.3) is 17.4 Å². The maximum atomic E-state index is 13.9. The predicted octanol–water partition coefficient (Wildman–Crippen LogP) is 5.92. The minimum absolute atomic E-state index is 0.264. The van der Waals surface area contributed by atoms with Crippen LogP contribution in [0.3, 0.4) is 0 Å². The van der Waals surface area contributed by atoms with E-state index in [9.17, 15) is 9.59 Å². The minimum Gasteiger partial charge on any atom is -0.494 e. The first kappa shape index (κ1) is 27.9. The van der Waals surface area contributed by atoms with Crippen LogP contribution in [0.2, 0.25) is 0 Å². The van der Waals surface area contributed by atoms with Crippen LogP contribution in [-0.2, 0) is 9.53 Å². The highest BCUT2D eigenvalue weighted by Crippen LogP contribution is 2.33. The molecule has 5 rings (SSSR count). The van der Waals surface area contributed by atoms with Gasteiger partial charge >= 0.3 is 5.97 Å². The van der Waals surface area contributed by atoms with E-state index in [-0.39, 0.29) is 11.7 Å². The molecule has 2 aromatic heterocycles. The standard InChI is InChI=1S/C31H29BrN2O5S/c1-6-37-21-10-8-20(9-11-21)28-27(30(36)38-17(2)3)19(5)33-31-34(28)29(35)26(40-31)16-22-12-14-25(39-22)23-13-7-18(4)15-24(23)32/h7-17,28H,6H2,1-5H3/b26-16+/t28-/m0/s1. The number of furan rings is 1. The van der Waals surface area contributed by atoms with Gasteiger partial charge in [-0.3, -0.25) is 9.36 Å². The Morgan fingerprint density at radius 2 is 1.90 bits per heavy atom. The molecule has 0 saturated carbocycles. The molecule has 0 fully saturated rings. The Labute approximate surface area is 244 Å². The second-order valence-corrected chi connectivity index (χ2v) is 11.6. The van der Waals surface area contributed by atoms with Crippen LogP contribution in [0.4, 0.5) is 0 Å². The number of hydrogen-bond acceptors (Lipinski definition) is 7. The number of carbonyl (C=O) groups excluding carboxylic acids is 1. The molecule has 4 aromatic rings. The van der Waals surface area contributed by atoms with Crippen LogP contribution < -0.4 is 19.6 Å². The Hall–Kier alpha value is -3.69. The third-order valence-corrected chi connectivity index (χ3v) is 8.02. The van der Waals surface area contributed by atoms with Gasteiger partial charge in [0.25, 0.3) is 5.56 Å². The van der Waals surface area contributed by atoms with Crippen molar-refractivity contribution in [1.82, 2.24) is 4.57 Å². The predicted molar refractivity (Wildman–Crippen MR) is 159 cm³/mol. The molecule has 0 saturated heterocycles. The fraction of sp³-hybridized carbons (Fsp3) is 0.258. The van der Waals surface area contributed by atoms with Crippen LogP contribution in [0.15, 0.2) is 84.5 Å². The number of rotatable bonds is 7. The van der Waals surface area contributed by atoms with E-state index in [4.69, 9.17) is 13.9 Å². The van der Waals surface area contributed by atoms with Gasteiger partial charge in [0.2, 0.25) is 0 Å². The molecule has 0 bridgehead atoms. The van der Waals surface area contributed by atoms with Gasteiger partial charge < -0.3 is 13.9 Å². The van der Waals surface area contributed by atoms with E-state index in [1.165, 1.54) is 11.3 Å². The van der Waals surface area contributed by atoms with Crippen LogP contribution in [0.1, 0.15) is 50.6 Å². The van der Waals surface area contributed by atoms with E-state index >= 15 is 0 Å². The summed E-state index contributed by atoms with van der Waals surface area (Å²) in [5.41, 5.74) is 3.40. The minimum atomic E-state index is -0.698. The van der Waals surface area contributed by atoms with Crippen LogP contribution in [0.5, 0.6) is 5.75 Å². The molecule has 3 heterocycles. The van der Waals surface area contributed by atoms with Crippen molar-refractivity contribution in [2.75, 3.05) is 6.61 Å². The molecule has 1 aliphatic heterocycles. The van der Waals surface area contributed by atoms with Gasteiger partial charge in [-0.05, 0) is 82.1 Å². The van der Waals surface area contributed by atoms with Crippen molar-refractivity contribution in [1.29, 1.82) is 0 Å². The topological polar surface area (TPSA) is 83.0 Å². The molecule has 7 nitrogen and oxygen atoms in total. The molecule has 1 atom stereocenters. The van der Waals surface area contributed by atoms with E-state index in [2.05, 4.69) is 20.9 Å². The number of esters is 1. The number of allylic oxidation sites excluding steroid dienone is 1. The second kappa shape index (κ2) is 11.4. The average Bonchev–Trinajstić information content (AvgIpc) is 3.47. The van der Waals surface area contributed by atoms with Crippen molar-refractivity contribution in [3.05, 3.63) is 107 Å². The van der Waals surface area contributed by atoms with Crippen molar-refractivity contribution in [2.45, 2.75) is 46.8 Å². The lowest BCUT2D eigenvalue weighted by atomic mass is 9.96. The number of halogens is 1. The molecule has 0 spiro atoms. The Balaban J connectivity index is 1.62. The molecule has 2 aromatic carbocycles. The quantitative estimate of drug-likeness (QED) is 0.240. The molecule has 0 amide bonds. The Morgan fingerprint density at radius 3 is 2.58 bits per heavy atom. The number of thiazole rings is 1. The van der Waals surface area contributed by atoms with Crippen molar-refractivity contribution < 1.29 is 18.7 Å². The Morgan fingerprint density at radius 1 is 1.15 bits per heavy atom. The molecule has 0 radical (unpaired) electrons. The average molecular weight is 622 g/mol. The molecular weight excluding hydrogens is 592 g/mol. The van der Waals surface area contributed by atoms with Gasteiger partial charge in [0.15, 0.2) is 4.80 Å². The van der Waals surface area contributed by atoms with Crippen molar-refractivity contribution in [3.8, 4) is 17.1 Å². The van der Waals surface area contributed by atoms with Crippen LogP contribution in [-0.4, -0.2) is 23.2 Å². The van der Waals surface area contributed by atoms with Gasteiger partial charge in [0, 0.05) is 16.1 Å². The number of nitrogens with zero attached hydrogens (tertiary/aromatic N) is 2. The summed E-state index contributed by atoms with van der Waals surface area (Å²) in [5, 5.41) is 0. The van der Waals surface area contributed by atoms with Crippen LogP contribution >= 0.6 is 27.3 Å². The summed E-state index contributed by atoms with van der Waals surface area (Å²) in [6, 6.07) is 16.5. The summed E-state index contributed by atoms with van der Waals surface area (Å²) in [5.74, 6) is 1.44. The molecule has 1 aliphatic rings. The lowest BCUT2D eigenvalue weighted by Crippen LogP contribution is -2.40. The number of aromatic nitrogens is 1. The lowest BCUT2D eigenvalue weighted by molar-refractivity contribution is -0.143. The van der Waals surface area contributed by atoms with Gasteiger partial charge in [0.1, 0.15) is 17.3 Å². The third kappa shape index (κ3) is 5.48. The summed E-state index contributed by atoms with van der Waals surface area (Å²) in [6.45, 7) is 9.84. The van der Waals surface area contributed by atoms with E-state index in [0.29, 0.717) is 44.5 Å². The van der Waals surface area contributed by atoms with E-state index in [0.717, 1.165) is 21.2 Å². The summed E-state index contributed by atoms with van der Waals surface area (Å²) in [6.07, 6.45) is 1.40. The monoisotopic (exact) mass is 620 g/mol. The molecule has 206 valence electrons. The molecule has 0 unspecified atom stereocenters. The summed E-state index contributed by atoms with van der Waals surface area (Å²) < 4.78 is 20.2. The van der Waals surface area contributed by atoms with Gasteiger partial charge in [-0.2, -0.15) is 0 Å². The van der Waals surface area contributed by atoms with E-state index in [1.54, 1.807) is 31.4 Å². The first-order valence-electron chi connectivity index (χ1n) is 13.0. The van der Waals surface area contributed by atoms with Crippen molar-refractivity contribution >= 4 is 39.3 Å². The zero-order valence-electron chi connectivity index (χ0n) is 22.9. The highest BCUT2D eigenvalue weighted by Gasteiger charge is 2.33. The van der Waals surface area contributed by atoms with Crippen LogP contribution in [0, 0.1) is 6.92 Å². The fourth-order valence-corrected chi connectivity index (χ4v) is 6.33. The number of ether oxygens (including phenoxy) is 2. The SMILES string of the molecule is CCOc1ccc([C@H]2C(C(=O)OC(C)C)=C(C)N=c3s/c(=C/c4ccc(-c5ccc(C)cc5Br)o4)c(=O)n32)cc1. The first-order chi connectivity index (χ1) is 19.2. The largest absolute Gasteiger partial charge is 0.494 e. The van der Waals surface area contributed by atoms with E-state index < -0.39 is 12.0 Å². The highest BCUT2D eigenvalue weighted by atomic mass is 79.9. The summed E-state index contributed by atoms with van der Waals surface area (Å²) in [4.78, 5) is 32.3. The summed E-state index contributed by atoms with van der Waals surface area (Å²) >= 11 is 4.86. The van der Waals surface area contributed by atoms with Gasteiger partial charge in [-0.15, -0.1) is 0 Å². The van der Waals surface area contributed by atoms with Crippen molar-refractivity contribution in [3.63, 3.8) is 0 Å². The number of hydrogen-bond donors (Lipinski definition) is 0. The number of fused-ring (bicyclic) bond motifs is 1. The normalized spacial score (nSPS) is 15.3. The van der Waals surface area contributed by atoms with E-state index in [1.807, 2.05) is 68.4 Å². The number of carbonyl (C=O) groups is 1.